The highest BCUT2D eigenvalue weighted by molar-refractivity contribution is 5.40. The summed E-state index contributed by atoms with van der Waals surface area (Å²) in [5.41, 5.74) is 3.64. The highest BCUT2D eigenvalue weighted by Crippen LogP contribution is 2.15. The molecule has 3 heterocycles. The van der Waals surface area contributed by atoms with Gasteiger partial charge in [0.05, 0.1) is 13.2 Å². The monoisotopic (exact) mass is 269 g/mol. The Kier molecular flexibility index (Phi) is 3.92. The van der Waals surface area contributed by atoms with Crippen molar-refractivity contribution in [2.75, 3.05) is 31.2 Å². The summed E-state index contributed by atoms with van der Waals surface area (Å²) in [6, 6.07) is 6.42. The fraction of sp³-hybridized carbons (Fsp3) is 0.375. The summed E-state index contributed by atoms with van der Waals surface area (Å²) in [6.45, 7) is 5.50. The van der Waals surface area contributed by atoms with E-state index in [9.17, 15) is 0 Å². The fourth-order valence-corrected chi connectivity index (χ4v) is 2.45. The lowest BCUT2D eigenvalue weighted by molar-refractivity contribution is 0.122. The number of aromatic nitrogens is 2. The summed E-state index contributed by atoms with van der Waals surface area (Å²) < 4.78 is 5.36. The lowest BCUT2D eigenvalue weighted by Gasteiger charge is -2.27. The molecule has 0 aromatic carbocycles. The van der Waals surface area contributed by atoms with Crippen LogP contribution in [0.2, 0.25) is 0 Å². The van der Waals surface area contributed by atoms with Crippen LogP contribution in [0.15, 0.2) is 36.8 Å². The van der Waals surface area contributed by atoms with Gasteiger partial charge in [-0.3, -0.25) is 4.98 Å². The van der Waals surface area contributed by atoms with Crippen LogP contribution in [0.4, 0.5) is 5.82 Å². The van der Waals surface area contributed by atoms with Gasteiger partial charge in [-0.05, 0) is 29.7 Å². The summed E-state index contributed by atoms with van der Waals surface area (Å²) in [4.78, 5) is 11.1. The third-order valence-corrected chi connectivity index (χ3v) is 3.48. The second kappa shape index (κ2) is 6.01. The number of ether oxygens (including phenoxy) is 1. The van der Waals surface area contributed by atoms with Gasteiger partial charge in [0.15, 0.2) is 0 Å². The summed E-state index contributed by atoms with van der Waals surface area (Å²) in [5.74, 6) is 1.04. The van der Waals surface area contributed by atoms with E-state index < -0.39 is 0 Å². The van der Waals surface area contributed by atoms with Crippen LogP contribution in [0.1, 0.15) is 16.7 Å². The molecule has 0 unspecified atom stereocenters. The molecule has 0 spiro atoms. The van der Waals surface area contributed by atoms with Crippen molar-refractivity contribution in [3.8, 4) is 0 Å². The second-order valence-corrected chi connectivity index (χ2v) is 5.17. The van der Waals surface area contributed by atoms with Crippen molar-refractivity contribution >= 4 is 5.82 Å². The van der Waals surface area contributed by atoms with Crippen molar-refractivity contribution in [1.29, 1.82) is 0 Å². The zero-order chi connectivity index (χ0) is 13.8. The number of rotatable bonds is 3. The molecule has 4 heteroatoms. The molecule has 104 valence electrons. The Morgan fingerprint density at radius 3 is 2.65 bits per heavy atom. The van der Waals surface area contributed by atoms with Gasteiger partial charge in [0.2, 0.25) is 0 Å². The summed E-state index contributed by atoms with van der Waals surface area (Å²) in [5, 5.41) is 0. The van der Waals surface area contributed by atoms with Gasteiger partial charge >= 0.3 is 0 Å². The van der Waals surface area contributed by atoms with Crippen molar-refractivity contribution in [3.63, 3.8) is 0 Å². The van der Waals surface area contributed by atoms with E-state index in [2.05, 4.69) is 40.0 Å². The van der Waals surface area contributed by atoms with Gasteiger partial charge in [-0.25, -0.2) is 4.98 Å². The van der Waals surface area contributed by atoms with E-state index in [0.29, 0.717) is 0 Å². The molecule has 0 aliphatic carbocycles. The van der Waals surface area contributed by atoms with Crippen molar-refractivity contribution in [2.24, 2.45) is 0 Å². The largest absolute Gasteiger partial charge is 0.378 e. The van der Waals surface area contributed by atoms with E-state index in [1.807, 2.05) is 18.6 Å². The molecular weight excluding hydrogens is 250 g/mol. The normalized spacial score (nSPS) is 15.3. The topological polar surface area (TPSA) is 38.2 Å². The molecule has 3 rings (SSSR count). The molecule has 0 saturated carbocycles. The van der Waals surface area contributed by atoms with Gasteiger partial charge in [-0.1, -0.05) is 12.1 Å². The van der Waals surface area contributed by atoms with E-state index >= 15 is 0 Å². The van der Waals surface area contributed by atoms with E-state index in [4.69, 9.17) is 4.74 Å². The quantitative estimate of drug-likeness (QED) is 0.856. The first-order valence-electron chi connectivity index (χ1n) is 6.99. The number of aryl methyl sites for hydroxylation is 1. The Labute approximate surface area is 119 Å². The minimum atomic E-state index is 0.790. The highest BCUT2D eigenvalue weighted by Gasteiger charge is 2.11. The molecule has 1 saturated heterocycles. The molecule has 0 amide bonds. The van der Waals surface area contributed by atoms with Crippen LogP contribution in [0.3, 0.4) is 0 Å². The molecule has 20 heavy (non-hydrogen) atoms. The van der Waals surface area contributed by atoms with Gasteiger partial charge in [-0.15, -0.1) is 0 Å². The number of anilines is 1. The molecule has 1 aliphatic heterocycles. The Morgan fingerprint density at radius 1 is 1.10 bits per heavy atom. The van der Waals surface area contributed by atoms with Crippen LogP contribution in [-0.4, -0.2) is 36.3 Å². The Morgan fingerprint density at radius 2 is 1.95 bits per heavy atom. The maximum absolute atomic E-state index is 5.36. The van der Waals surface area contributed by atoms with Gasteiger partial charge in [0.1, 0.15) is 5.82 Å². The van der Waals surface area contributed by atoms with Crippen LogP contribution >= 0.6 is 0 Å². The van der Waals surface area contributed by atoms with Gasteiger partial charge in [0.25, 0.3) is 0 Å². The van der Waals surface area contributed by atoms with Crippen LogP contribution in [0, 0.1) is 6.92 Å². The van der Waals surface area contributed by atoms with Crippen LogP contribution < -0.4 is 4.90 Å². The molecule has 2 aromatic rings. The fourth-order valence-electron chi connectivity index (χ4n) is 2.45. The smallest absolute Gasteiger partial charge is 0.128 e. The van der Waals surface area contributed by atoms with Crippen LogP contribution in [0.5, 0.6) is 0 Å². The molecule has 1 aliphatic rings. The minimum Gasteiger partial charge on any atom is -0.378 e. The average Bonchev–Trinajstić information content (AvgIpc) is 2.49. The molecule has 1 fully saturated rings. The second-order valence-electron chi connectivity index (χ2n) is 5.17. The summed E-state index contributed by atoms with van der Waals surface area (Å²) >= 11 is 0. The van der Waals surface area contributed by atoms with Crippen molar-refractivity contribution in [2.45, 2.75) is 13.3 Å². The van der Waals surface area contributed by atoms with Crippen molar-refractivity contribution in [1.82, 2.24) is 9.97 Å². The molecule has 2 aromatic heterocycles. The van der Waals surface area contributed by atoms with E-state index in [-0.39, 0.29) is 0 Å². The zero-order valence-electron chi connectivity index (χ0n) is 11.7. The highest BCUT2D eigenvalue weighted by atomic mass is 16.5. The number of pyridine rings is 2. The number of hydrogen-bond donors (Lipinski definition) is 0. The van der Waals surface area contributed by atoms with E-state index in [1.54, 1.807) is 0 Å². The van der Waals surface area contributed by atoms with E-state index in [0.717, 1.165) is 38.5 Å². The minimum absolute atomic E-state index is 0.790. The standard InChI is InChI=1S/C16H19N3O/c1-13-8-15(11-17-10-13)9-14-2-3-16(18-12-14)19-4-6-20-7-5-19/h2-3,8,10-12H,4-7,9H2,1H3. The Bertz CT molecular complexity index is 562. The summed E-state index contributed by atoms with van der Waals surface area (Å²) in [6.07, 6.45) is 6.64. The van der Waals surface area contributed by atoms with Crippen LogP contribution in [0.25, 0.3) is 0 Å². The predicted molar refractivity (Wildman–Crippen MR) is 79.0 cm³/mol. The third kappa shape index (κ3) is 3.14. The molecule has 0 N–H and O–H groups in total. The van der Waals surface area contributed by atoms with E-state index in [1.165, 1.54) is 16.7 Å². The maximum Gasteiger partial charge on any atom is 0.128 e. The zero-order valence-corrected chi connectivity index (χ0v) is 11.7. The number of hydrogen-bond acceptors (Lipinski definition) is 4. The van der Waals surface area contributed by atoms with Crippen LogP contribution in [-0.2, 0) is 11.2 Å². The first kappa shape index (κ1) is 13.1. The first-order chi connectivity index (χ1) is 9.81. The Hall–Kier alpha value is -1.94. The molecule has 0 bridgehead atoms. The number of nitrogens with zero attached hydrogens (tertiary/aromatic N) is 3. The third-order valence-electron chi connectivity index (χ3n) is 3.48. The van der Waals surface area contributed by atoms with Gasteiger partial charge in [0, 0.05) is 38.1 Å². The molecule has 4 nitrogen and oxygen atoms in total. The summed E-state index contributed by atoms with van der Waals surface area (Å²) in [7, 11) is 0. The number of morpholine rings is 1. The molecular formula is C16H19N3O. The average molecular weight is 269 g/mol. The van der Waals surface area contributed by atoms with Gasteiger partial charge < -0.3 is 9.64 Å². The lowest BCUT2D eigenvalue weighted by atomic mass is 10.1. The van der Waals surface area contributed by atoms with Crippen molar-refractivity contribution < 1.29 is 4.74 Å². The van der Waals surface area contributed by atoms with Gasteiger partial charge in [-0.2, -0.15) is 0 Å². The Balaban J connectivity index is 1.69. The molecule has 0 atom stereocenters. The lowest BCUT2D eigenvalue weighted by Crippen LogP contribution is -2.36. The SMILES string of the molecule is Cc1cncc(Cc2ccc(N3CCOCC3)nc2)c1. The maximum atomic E-state index is 5.36. The predicted octanol–water partition coefficient (Wildman–Crippen LogP) is 2.21. The van der Waals surface area contributed by atoms with Crippen molar-refractivity contribution in [3.05, 3.63) is 53.5 Å². The molecule has 0 radical (unpaired) electrons. The first-order valence-corrected chi connectivity index (χ1v) is 6.99.